The highest BCUT2D eigenvalue weighted by Gasteiger charge is 2.39. The van der Waals surface area contributed by atoms with Crippen molar-refractivity contribution in [2.24, 2.45) is 0 Å². The second kappa shape index (κ2) is 6.50. The van der Waals surface area contributed by atoms with Crippen LogP contribution in [0.4, 0.5) is 0 Å². The monoisotopic (exact) mass is 357 g/mol. The molecule has 5 nitrogen and oxygen atoms in total. The quantitative estimate of drug-likeness (QED) is 0.778. The van der Waals surface area contributed by atoms with Gasteiger partial charge in [0.2, 0.25) is 0 Å². The molecule has 0 aromatic heterocycles. The van der Waals surface area contributed by atoms with E-state index in [1.165, 1.54) is 4.90 Å². The summed E-state index contributed by atoms with van der Waals surface area (Å²) in [5, 5.41) is 0.597. The summed E-state index contributed by atoms with van der Waals surface area (Å²) < 4.78 is 11.4. The molecule has 1 saturated heterocycles. The van der Waals surface area contributed by atoms with Crippen molar-refractivity contribution in [3.63, 3.8) is 0 Å². The number of halogens is 1. The van der Waals surface area contributed by atoms with Crippen molar-refractivity contribution >= 4 is 23.4 Å². The maximum Gasteiger partial charge on any atom is 0.265 e. The summed E-state index contributed by atoms with van der Waals surface area (Å²) >= 11 is 5.88. The normalized spacial score (nSPS) is 19.4. The fourth-order valence-corrected chi connectivity index (χ4v) is 3.30. The van der Waals surface area contributed by atoms with Crippen LogP contribution in [0.25, 0.3) is 0 Å². The van der Waals surface area contributed by atoms with E-state index in [0.29, 0.717) is 34.3 Å². The SMILES string of the molecule is O=C1c2cccc(Oc3ccc(Cl)cc3)c2C(=O)N1C[C@@H]1CCCO1. The van der Waals surface area contributed by atoms with Gasteiger partial charge in [-0.1, -0.05) is 17.7 Å². The van der Waals surface area contributed by atoms with Gasteiger partial charge in [-0.3, -0.25) is 14.5 Å². The van der Waals surface area contributed by atoms with Crippen molar-refractivity contribution in [2.75, 3.05) is 13.2 Å². The Morgan fingerprint density at radius 1 is 1.12 bits per heavy atom. The highest BCUT2D eigenvalue weighted by Crippen LogP contribution is 2.34. The number of hydrogen-bond acceptors (Lipinski definition) is 4. The molecule has 6 heteroatoms. The second-order valence-electron chi connectivity index (χ2n) is 6.09. The van der Waals surface area contributed by atoms with E-state index in [0.717, 1.165) is 12.8 Å². The summed E-state index contributed by atoms with van der Waals surface area (Å²) in [4.78, 5) is 26.7. The van der Waals surface area contributed by atoms with Gasteiger partial charge in [0, 0.05) is 11.6 Å². The molecule has 2 heterocycles. The number of benzene rings is 2. The van der Waals surface area contributed by atoms with Crippen LogP contribution in [0.5, 0.6) is 11.5 Å². The van der Waals surface area contributed by atoms with Crippen LogP contribution in [-0.4, -0.2) is 36.0 Å². The van der Waals surface area contributed by atoms with Gasteiger partial charge in [0.05, 0.1) is 23.8 Å². The number of nitrogens with zero attached hydrogens (tertiary/aromatic N) is 1. The summed E-state index contributed by atoms with van der Waals surface area (Å²) in [7, 11) is 0. The summed E-state index contributed by atoms with van der Waals surface area (Å²) in [5.41, 5.74) is 0.676. The lowest BCUT2D eigenvalue weighted by Gasteiger charge is -2.18. The van der Waals surface area contributed by atoms with Crippen molar-refractivity contribution in [2.45, 2.75) is 18.9 Å². The average molecular weight is 358 g/mol. The van der Waals surface area contributed by atoms with Crippen LogP contribution in [0, 0.1) is 0 Å². The van der Waals surface area contributed by atoms with Gasteiger partial charge < -0.3 is 9.47 Å². The molecule has 2 amide bonds. The number of ether oxygens (including phenoxy) is 2. The minimum atomic E-state index is -0.333. The van der Waals surface area contributed by atoms with Crippen LogP contribution in [0.15, 0.2) is 42.5 Å². The van der Waals surface area contributed by atoms with E-state index in [9.17, 15) is 9.59 Å². The first-order valence-corrected chi connectivity index (χ1v) is 8.55. The molecule has 25 heavy (non-hydrogen) atoms. The summed E-state index contributed by atoms with van der Waals surface area (Å²) in [5.74, 6) is 0.292. The smallest absolute Gasteiger partial charge is 0.265 e. The lowest BCUT2D eigenvalue weighted by molar-refractivity contribution is 0.0475. The predicted molar refractivity (Wildman–Crippen MR) is 92.3 cm³/mol. The standard InChI is InChI=1S/C19H16ClNO4/c20-12-6-8-13(9-7-12)25-16-5-1-4-15-17(16)19(23)21(18(15)22)11-14-3-2-10-24-14/h1,4-9,14H,2-3,10-11H2/t14-/m0/s1. The summed E-state index contributed by atoms with van der Waals surface area (Å²) in [6.07, 6.45) is 1.74. The van der Waals surface area contributed by atoms with Crippen LogP contribution in [0.2, 0.25) is 5.02 Å². The van der Waals surface area contributed by atoms with E-state index in [1.54, 1.807) is 42.5 Å². The Labute approximate surface area is 150 Å². The molecule has 1 atom stereocenters. The molecular formula is C19H16ClNO4. The highest BCUT2D eigenvalue weighted by atomic mass is 35.5. The number of rotatable bonds is 4. The Balaban J connectivity index is 1.62. The van der Waals surface area contributed by atoms with Gasteiger partial charge in [-0.15, -0.1) is 0 Å². The number of carbonyl (C=O) groups excluding carboxylic acids is 2. The third-order valence-corrected chi connectivity index (χ3v) is 4.66. The third-order valence-electron chi connectivity index (χ3n) is 4.41. The topological polar surface area (TPSA) is 55.8 Å². The van der Waals surface area contributed by atoms with Crippen LogP contribution < -0.4 is 4.74 Å². The molecule has 0 N–H and O–H groups in total. The fourth-order valence-electron chi connectivity index (χ4n) is 3.17. The molecule has 1 fully saturated rings. The molecular weight excluding hydrogens is 342 g/mol. The van der Waals surface area contributed by atoms with Crippen molar-refractivity contribution in [3.8, 4) is 11.5 Å². The second-order valence-corrected chi connectivity index (χ2v) is 6.53. The van der Waals surface area contributed by atoms with Gasteiger partial charge in [-0.2, -0.15) is 0 Å². The predicted octanol–water partition coefficient (Wildman–Crippen LogP) is 3.91. The van der Waals surface area contributed by atoms with Gasteiger partial charge in [0.1, 0.15) is 11.5 Å². The zero-order valence-electron chi connectivity index (χ0n) is 13.4. The van der Waals surface area contributed by atoms with E-state index in [4.69, 9.17) is 21.1 Å². The van der Waals surface area contributed by atoms with Gasteiger partial charge in [-0.25, -0.2) is 0 Å². The zero-order valence-corrected chi connectivity index (χ0v) is 14.2. The Morgan fingerprint density at radius 3 is 2.64 bits per heavy atom. The minimum Gasteiger partial charge on any atom is -0.457 e. The molecule has 4 rings (SSSR count). The van der Waals surface area contributed by atoms with Crippen LogP contribution >= 0.6 is 11.6 Å². The van der Waals surface area contributed by atoms with Gasteiger partial charge in [0.15, 0.2) is 0 Å². The molecule has 2 aromatic rings. The molecule has 0 saturated carbocycles. The molecule has 2 aromatic carbocycles. The Kier molecular flexibility index (Phi) is 4.19. The van der Waals surface area contributed by atoms with Crippen LogP contribution in [-0.2, 0) is 4.74 Å². The lowest BCUT2D eigenvalue weighted by Crippen LogP contribution is -2.36. The van der Waals surface area contributed by atoms with Crippen molar-refractivity contribution in [1.29, 1.82) is 0 Å². The molecule has 2 aliphatic heterocycles. The van der Waals surface area contributed by atoms with E-state index in [1.807, 2.05) is 0 Å². The van der Waals surface area contributed by atoms with Crippen LogP contribution in [0.3, 0.4) is 0 Å². The molecule has 128 valence electrons. The molecule has 0 aliphatic carbocycles. The molecule has 0 unspecified atom stereocenters. The molecule has 0 radical (unpaired) electrons. The molecule has 0 bridgehead atoms. The zero-order chi connectivity index (χ0) is 17.4. The average Bonchev–Trinajstić information content (AvgIpc) is 3.21. The summed E-state index contributed by atoms with van der Waals surface area (Å²) in [6.45, 7) is 0.964. The van der Waals surface area contributed by atoms with Gasteiger partial charge in [-0.05, 0) is 49.2 Å². The molecule has 2 aliphatic rings. The first kappa shape index (κ1) is 16.1. The Hall–Kier alpha value is -2.37. The molecule has 0 spiro atoms. The first-order chi connectivity index (χ1) is 12.1. The highest BCUT2D eigenvalue weighted by molar-refractivity contribution is 6.30. The number of carbonyl (C=O) groups is 2. The number of hydrogen-bond donors (Lipinski definition) is 0. The van der Waals surface area contributed by atoms with Crippen molar-refractivity contribution < 1.29 is 19.1 Å². The number of amides is 2. The van der Waals surface area contributed by atoms with E-state index < -0.39 is 0 Å². The van der Waals surface area contributed by atoms with Crippen molar-refractivity contribution in [1.82, 2.24) is 4.90 Å². The number of imide groups is 1. The Morgan fingerprint density at radius 2 is 1.92 bits per heavy atom. The Bertz CT molecular complexity index is 828. The summed E-state index contributed by atoms with van der Waals surface area (Å²) in [6, 6.07) is 11.9. The first-order valence-electron chi connectivity index (χ1n) is 8.18. The van der Waals surface area contributed by atoms with Gasteiger partial charge in [0.25, 0.3) is 11.8 Å². The van der Waals surface area contributed by atoms with E-state index >= 15 is 0 Å². The lowest BCUT2D eigenvalue weighted by atomic mass is 10.1. The fraction of sp³-hybridized carbons (Fsp3) is 0.263. The van der Waals surface area contributed by atoms with E-state index in [-0.39, 0.29) is 24.5 Å². The van der Waals surface area contributed by atoms with Gasteiger partial charge >= 0.3 is 0 Å². The van der Waals surface area contributed by atoms with Crippen LogP contribution in [0.1, 0.15) is 33.6 Å². The van der Waals surface area contributed by atoms with Crippen molar-refractivity contribution in [3.05, 3.63) is 58.6 Å². The largest absolute Gasteiger partial charge is 0.457 e. The third kappa shape index (κ3) is 3.01. The number of fused-ring (bicyclic) bond motifs is 1. The maximum atomic E-state index is 12.8. The van der Waals surface area contributed by atoms with E-state index in [2.05, 4.69) is 0 Å². The minimum absolute atomic E-state index is 0.0807. The maximum absolute atomic E-state index is 12.8.